The SMILES string of the molecule is COc1cccc(O)c1CN1CCC[C@@H](C(=O)Nc2ccc(-c3ccn[nH]3)cc2)C1. The molecule has 2 aromatic carbocycles. The number of hydrogen-bond donors (Lipinski definition) is 3. The highest BCUT2D eigenvalue weighted by Gasteiger charge is 2.27. The summed E-state index contributed by atoms with van der Waals surface area (Å²) in [4.78, 5) is 15.0. The van der Waals surface area contributed by atoms with Crippen LogP contribution in [0, 0.1) is 5.92 Å². The number of methoxy groups -OCH3 is 1. The van der Waals surface area contributed by atoms with Crippen LogP contribution in [-0.4, -0.2) is 46.3 Å². The number of aromatic amines is 1. The predicted octanol–water partition coefficient (Wildman–Crippen LogP) is 3.64. The molecule has 1 atom stereocenters. The Balaban J connectivity index is 1.38. The number of benzene rings is 2. The van der Waals surface area contributed by atoms with Gasteiger partial charge in [0.15, 0.2) is 0 Å². The van der Waals surface area contributed by atoms with E-state index in [2.05, 4.69) is 20.4 Å². The maximum absolute atomic E-state index is 12.8. The molecule has 0 bridgehead atoms. The molecule has 3 aromatic rings. The van der Waals surface area contributed by atoms with Gasteiger partial charge in [-0.3, -0.25) is 14.8 Å². The monoisotopic (exact) mass is 406 g/mol. The van der Waals surface area contributed by atoms with Gasteiger partial charge in [0.2, 0.25) is 5.91 Å². The summed E-state index contributed by atoms with van der Waals surface area (Å²) in [6.07, 6.45) is 3.50. The number of carbonyl (C=O) groups is 1. The van der Waals surface area contributed by atoms with Gasteiger partial charge < -0.3 is 15.2 Å². The van der Waals surface area contributed by atoms with Gasteiger partial charge in [-0.2, -0.15) is 5.10 Å². The zero-order valence-electron chi connectivity index (χ0n) is 17.0. The fourth-order valence-electron chi connectivity index (χ4n) is 3.94. The van der Waals surface area contributed by atoms with E-state index in [1.165, 1.54) is 0 Å². The number of anilines is 1. The maximum atomic E-state index is 12.8. The molecule has 0 radical (unpaired) electrons. The van der Waals surface area contributed by atoms with Gasteiger partial charge in [0, 0.05) is 30.5 Å². The number of hydrogen-bond acceptors (Lipinski definition) is 5. The summed E-state index contributed by atoms with van der Waals surface area (Å²) in [6.45, 7) is 2.09. The molecule has 0 spiro atoms. The number of likely N-dealkylation sites (tertiary alicyclic amines) is 1. The first-order valence-electron chi connectivity index (χ1n) is 10.1. The molecule has 0 unspecified atom stereocenters. The third kappa shape index (κ3) is 4.46. The second-order valence-corrected chi connectivity index (χ2v) is 7.57. The summed E-state index contributed by atoms with van der Waals surface area (Å²) >= 11 is 0. The zero-order chi connectivity index (χ0) is 20.9. The van der Waals surface area contributed by atoms with Crippen LogP contribution in [0.15, 0.2) is 54.7 Å². The number of aromatic nitrogens is 2. The Morgan fingerprint density at radius 2 is 2.10 bits per heavy atom. The topological polar surface area (TPSA) is 90.5 Å². The van der Waals surface area contributed by atoms with Crippen molar-refractivity contribution in [1.82, 2.24) is 15.1 Å². The Bertz CT molecular complexity index is 986. The van der Waals surface area contributed by atoms with E-state index in [1.54, 1.807) is 25.4 Å². The van der Waals surface area contributed by atoms with Crippen LogP contribution in [0.25, 0.3) is 11.3 Å². The number of phenolic OH excluding ortho intramolecular Hbond substituents is 1. The Labute approximate surface area is 175 Å². The van der Waals surface area contributed by atoms with Crippen molar-refractivity contribution in [2.75, 3.05) is 25.5 Å². The summed E-state index contributed by atoms with van der Waals surface area (Å²) < 4.78 is 5.39. The van der Waals surface area contributed by atoms with E-state index in [1.807, 2.05) is 36.4 Å². The van der Waals surface area contributed by atoms with Crippen LogP contribution in [0.5, 0.6) is 11.5 Å². The van der Waals surface area contributed by atoms with E-state index in [4.69, 9.17) is 4.74 Å². The summed E-state index contributed by atoms with van der Waals surface area (Å²) in [5.41, 5.74) is 3.50. The van der Waals surface area contributed by atoms with Crippen LogP contribution >= 0.6 is 0 Å². The molecule has 7 nitrogen and oxygen atoms in total. The third-order valence-electron chi connectivity index (χ3n) is 5.55. The lowest BCUT2D eigenvalue weighted by Gasteiger charge is -2.32. The standard InChI is InChI=1S/C23H26N4O3/c1-30-22-6-2-5-21(28)19(22)15-27-13-3-4-17(14-27)23(29)25-18-9-7-16(8-10-18)20-11-12-24-26-20/h2,5-12,17,28H,3-4,13-15H2,1H3,(H,24,26)(H,25,29)/t17-/m1/s1. The lowest BCUT2D eigenvalue weighted by Crippen LogP contribution is -2.40. The van der Waals surface area contributed by atoms with Crippen molar-refractivity contribution in [2.45, 2.75) is 19.4 Å². The van der Waals surface area contributed by atoms with E-state index in [0.29, 0.717) is 18.8 Å². The minimum absolute atomic E-state index is 0.0261. The zero-order valence-corrected chi connectivity index (χ0v) is 17.0. The molecule has 1 saturated heterocycles. The van der Waals surface area contributed by atoms with Crippen molar-refractivity contribution in [3.63, 3.8) is 0 Å². The van der Waals surface area contributed by atoms with Crippen molar-refractivity contribution in [2.24, 2.45) is 5.92 Å². The van der Waals surface area contributed by atoms with Crippen LogP contribution in [0.3, 0.4) is 0 Å². The molecule has 1 aliphatic rings. The normalized spacial score (nSPS) is 16.9. The molecule has 3 N–H and O–H groups in total. The van der Waals surface area contributed by atoms with Gasteiger partial charge in [0.05, 0.1) is 18.7 Å². The minimum Gasteiger partial charge on any atom is -0.507 e. The number of phenols is 1. The average Bonchev–Trinajstić information content (AvgIpc) is 3.31. The van der Waals surface area contributed by atoms with Crippen molar-refractivity contribution in [3.05, 3.63) is 60.3 Å². The smallest absolute Gasteiger partial charge is 0.228 e. The molecule has 1 amide bonds. The summed E-state index contributed by atoms with van der Waals surface area (Å²) in [5, 5.41) is 20.2. The number of aromatic hydroxyl groups is 1. The first-order chi connectivity index (χ1) is 14.6. The van der Waals surface area contributed by atoms with Crippen molar-refractivity contribution >= 4 is 11.6 Å². The van der Waals surface area contributed by atoms with Crippen LogP contribution in [-0.2, 0) is 11.3 Å². The van der Waals surface area contributed by atoms with E-state index in [-0.39, 0.29) is 17.6 Å². The van der Waals surface area contributed by atoms with Crippen molar-refractivity contribution < 1.29 is 14.6 Å². The Hall–Kier alpha value is -3.32. The number of H-pyrrole nitrogens is 1. The predicted molar refractivity (Wildman–Crippen MR) is 115 cm³/mol. The maximum Gasteiger partial charge on any atom is 0.228 e. The average molecular weight is 406 g/mol. The first-order valence-corrected chi connectivity index (χ1v) is 10.1. The fourth-order valence-corrected chi connectivity index (χ4v) is 3.94. The molecule has 156 valence electrons. The number of nitrogens with one attached hydrogen (secondary N) is 2. The van der Waals surface area contributed by atoms with Crippen LogP contribution in [0.2, 0.25) is 0 Å². The molecule has 1 fully saturated rings. The van der Waals surface area contributed by atoms with E-state index in [9.17, 15) is 9.90 Å². The number of amides is 1. The minimum atomic E-state index is -0.0946. The van der Waals surface area contributed by atoms with Gasteiger partial charge in [-0.15, -0.1) is 0 Å². The second-order valence-electron chi connectivity index (χ2n) is 7.57. The highest BCUT2D eigenvalue weighted by atomic mass is 16.5. The number of piperidine rings is 1. The molecular formula is C23H26N4O3. The van der Waals surface area contributed by atoms with E-state index >= 15 is 0 Å². The molecule has 30 heavy (non-hydrogen) atoms. The number of carbonyl (C=O) groups excluding carboxylic acids is 1. The lowest BCUT2D eigenvalue weighted by molar-refractivity contribution is -0.121. The van der Waals surface area contributed by atoms with Gasteiger partial charge in [-0.25, -0.2) is 0 Å². The van der Waals surface area contributed by atoms with Crippen molar-refractivity contribution in [1.29, 1.82) is 0 Å². The number of ether oxygens (including phenoxy) is 1. The van der Waals surface area contributed by atoms with Gasteiger partial charge in [-0.05, 0) is 55.3 Å². The highest BCUT2D eigenvalue weighted by Crippen LogP contribution is 2.30. The molecule has 4 rings (SSSR count). The Morgan fingerprint density at radius 3 is 2.83 bits per heavy atom. The number of rotatable bonds is 6. The highest BCUT2D eigenvalue weighted by molar-refractivity contribution is 5.93. The quantitative estimate of drug-likeness (QED) is 0.581. The summed E-state index contributed by atoms with van der Waals surface area (Å²) in [5.74, 6) is 0.818. The van der Waals surface area contributed by atoms with Crippen LogP contribution in [0.4, 0.5) is 5.69 Å². The molecule has 0 saturated carbocycles. The van der Waals surface area contributed by atoms with E-state index in [0.717, 1.165) is 41.9 Å². The Morgan fingerprint density at radius 1 is 1.27 bits per heavy atom. The van der Waals surface area contributed by atoms with E-state index < -0.39 is 0 Å². The van der Waals surface area contributed by atoms with Gasteiger partial charge in [0.25, 0.3) is 0 Å². The lowest BCUT2D eigenvalue weighted by atomic mass is 9.96. The van der Waals surface area contributed by atoms with Gasteiger partial charge in [-0.1, -0.05) is 18.2 Å². The molecule has 7 heteroatoms. The van der Waals surface area contributed by atoms with Crippen LogP contribution < -0.4 is 10.1 Å². The third-order valence-corrected chi connectivity index (χ3v) is 5.55. The molecule has 2 heterocycles. The molecule has 1 aliphatic heterocycles. The summed E-state index contributed by atoms with van der Waals surface area (Å²) in [6, 6.07) is 14.9. The van der Waals surface area contributed by atoms with Crippen LogP contribution in [0.1, 0.15) is 18.4 Å². The molecule has 1 aromatic heterocycles. The Kier molecular flexibility index (Phi) is 5.99. The number of nitrogens with zero attached hydrogens (tertiary/aromatic N) is 2. The second kappa shape index (κ2) is 9.00. The van der Waals surface area contributed by atoms with Crippen molar-refractivity contribution in [3.8, 4) is 22.8 Å². The summed E-state index contributed by atoms with van der Waals surface area (Å²) in [7, 11) is 1.60. The largest absolute Gasteiger partial charge is 0.507 e. The molecule has 0 aliphatic carbocycles. The molecular weight excluding hydrogens is 380 g/mol. The van der Waals surface area contributed by atoms with Gasteiger partial charge in [0.1, 0.15) is 11.5 Å². The van der Waals surface area contributed by atoms with Gasteiger partial charge >= 0.3 is 0 Å². The fraction of sp³-hybridized carbons (Fsp3) is 0.304. The first kappa shape index (κ1) is 20.0.